The first kappa shape index (κ1) is 14.2. The normalized spacial score (nSPS) is 10.9. The van der Waals surface area contributed by atoms with Crippen LogP contribution in [0.3, 0.4) is 0 Å². The molecule has 0 saturated carbocycles. The Bertz CT molecular complexity index is 609. The molecule has 0 bridgehead atoms. The smallest absolute Gasteiger partial charge is 0.358 e. The summed E-state index contributed by atoms with van der Waals surface area (Å²) in [6.45, 7) is 5.01. The van der Waals surface area contributed by atoms with Gasteiger partial charge < -0.3 is 10.4 Å². The summed E-state index contributed by atoms with van der Waals surface area (Å²) >= 11 is 0. The Morgan fingerprint density at radius 3 is 2.60 bits per heavy atom. The topological polar surface area (TPSA) is 75.1 Å². The Morgan fingerprint density at radius 1 is 1.25 bits per heavy atom. The molecule has 1 heterocycles. The minimum Gasteiger partial charge on any atom is -0.476 e. The van der Waals surface area contributed by atoms with E-state index in [0.717, 1.165) is 24.8 Å². The van der Waals surface area contributed by atoms with Crippen LogP contribution >= 0.6 is 0 Å². The van der Waals surface area contributed by atoms with Gasteiger partial charge in [0.25, 0.3) is 0 Å². The van der Waals surface area contributed by atoms with Crippen LogP contribution < -0.4 is 5.32 Å². The number of nitrogens with one attached hydrogen (secondary N) is 1. The summed E-state index contributed by atoms with van der Waals surface area (Å²) in [6, 6.07) is 7.43. The van der Waals surface area contributed by atoms with Crippen molar-refractivity contribution in [1.29, 1.82) is 0 Å². The number of aromatic nitrogens is 2. The first-order chi connectivity index (χ1) is 9.67. The fourth-order valence-electron chi connectivity index (χ4n) is 2.21. The molecule has 5 nitrogen and oxygen atoms in total. The zero-order valence-electron chi connectivity index (χ0n) is 11.8. The fourth-order valence-corrected chi connectivity index (χ4v) is 2.21. The molecule has 2 N–H and O–H groups in total. The van der Waals surface area contributed by atoms with Crippen molar-refractivity contribution in [3.8, 4) is 0 Å². The van der Waals surface area contributed by atoms with Crippen LogP contribution in [0.25, 0.3) is 10.9 Å². The van der Waals surface area contributed by atoms with E-state index < -0.39 is 5.97 Å². The number of carboxylic acids is 1. The lowest BCUT2D eigenvalue weighted by molar-refractivity contribution is 0.0690. The van der Waals surface area contributed by atoms with E-state index in [1.54, 1.807) is 0 Å². The Kier molecular flexibility index (Phi) is 4.50. The number of carbonyl (C=O) groups is 1. The minimum atomic E-state index is -1.06. The van der Waals surface area contributed by atoms with Crippen molar-refractivity contribution in [1.82, 2.24) is 10.2 Å². The van der Waals surface area contributed by atoms with Crippen LogP contribution in [0.1, 0.15) is 37.2 Å². The maximum Gasteiger partial charge on any atom is 0.358 e. The number of rotatable bonds is 6. The summed E-state index contributed by atoms with van der Waals surface area (Å²) in [5, 5.41) is 21.1. The van der Waals surface area contributed by atoms with Crippen molar-refractivity contribution >= 4 is 22.6 Å². The number of carboxylic acid groups (broad SMARTS) is 1. The van der Waals surface area contributed by atoms with Gasteiger partial charge in [-0.1, -0.05) is 44.9 Å². The maximum atomic E-state index is 11.3. The fraction of sp³-hybridized carbons (Fsp3) is 0.400. The number of hydrogen-bond donors (Lipinski definition) is 2. The molecule has 1 aromatic heterocycles. The molecule has 0 spiro atoms. The summed E-state index contributed by atoms with van der Waals surface area (Å²) < 4.78 is 0. The third kappa shape index (κ3) is 2.87. The zero-order valence-corrected chi connectivity index (χ0v) is 11.8. The second kappa shape index (κ2) is 6.32. The van der Waals surface area contributed by atoms with Gasteiger partial charge in [-0.2, -0.15) is 0 Å². The lowest BCUT2D eigenvalue weighted by Crippen LogP contribution is -2.16. The lowest BCUT2D eigenvalue weighted by Gasteiger charge is -2.16. The summed E-state index contributed by atoms with van der Waals surface area (Å²) in [6.07, 6.45) is 2.12. The van der Waals surface area contributed by atoms with Crippen LogP contribution in [0.5, 0.6) is 0 Å². The van der Waals surface area contributed by atoms with Crippen LogP contribution in [0.4, 0.5) is 5.69 Å². The summed E-state index contributed by atoms with van der Waals surface area (Å²) in [5.74, 6) is -0.543. The molecule has 0 atom stereocenters. The van der Waals surface area contributed by atoms with Crippen LogP contribution in [-0.4, -0.2) is 27.8 Å². The maximum absolute atomic E-state index is 11.3. The van der Waals surface area contributed by atoms with Gasteiger partial charge >= 0.3 is 5.97 Å². The van der Waals surface area contributed by atoms with Crippen LogP contribution in [-0.2, 0) is 0 Å². The summed E-state index contributed by atoms with van der Waals surface area (Å²) in [4.78, 5) is 11.3. The van der Waals surface area contributed by atoms with E-state index in [2.05, 4.69) is 29.4 Å². The second-order valence-corrected chi connectivity index (χ2v) is 4.81. The quantitative estimate of drug-likeness (QED) is 0.845. The summed E-state index contributed by atoms with van der Waals surface area (Å²) in [7, 11) is 0. The number of benzene rings is 1. The molecule has 0 fully saturated rings. The zero-order chi connectivity index (χ0) is 14.5. The van der Waals surface area contributed by atoms with Crippen LogP contribution in [0, 0.1) is 5.92 Å². The van der Waals surface area contributed by atoms with Gasteiger partial charge in [0.1, 0.15) is 0 Å². The summed E-state index contributed by atoms with van der Waals surface area (Å²) in [5.41, 5.74) is 1.24. The molecule has 0 aliphatic rings. The standard InChI is InChI=1S/C15H19N3O2/c1-3-10(4-2)9-16-13-11-7-5-6-8-12(11)17-18-14(13)15(19)20/h5-8,10H,3-4,9H2,1-2H3,(H,16,17)(H,19,20). The van der Waals surface area contributed by atoms with Gasteiger partial charge in [-0.3, -0.25) is 0 Å². The van der Waals surface area contributed by atoms with Crippen molar-refractivity contribution in [3.63, 3.8) is 0 Å². The van der Waals surface area contributed by atoms with E-state index in [1.807, 2.05) is 24.3 Å². The van der Waals surface area contributed by atoms with Crippen molar-refractivity contribution < 1.29 is 9.90 Å². The van der Waals surface area contributed by atoms with Crippen molar-refractivity contribution in [2.24, 2.45) is 5.92 Å². The van der Waals surface area contributed by atoms with Gasteiger partial charge in [0.15, 0.2) is 5.69 Å². The average Bonchev–Trinajstić information content (AvgIpc) is 2.47. The molecule has 2 rings (SSSR count). The molecular weight excluding hydrogens is 254 g/mol. The third-order valence-electron chi connectivity index (χ3n) is 3.59. The molecule has 5 heteroatoms. The van der Waals surface area contributed by atoms with Crippen molar-refractivity contribution in [2.75, 3.05) is 11.9 Å². The molecule has 0 aliphatic carbocycles. The molecule has 0 radical (unpaired) electrons. The molecule has 0 amide bonds. The predicted octanol–water partition coefficient (Wildman–Crippen LogP) is 3.18. The largest absolute Gasteiger partial charge is 0.476 e. The molecule has 106 valence electrons. The highest BCUT2D eigenvalue weighted by Gasteiger charge is 2.17. The molecule has 0 unspecified atom stereocenters. The molecule has 2 aromatic rings. The molecule has 1 aromatic carbocycles. The Hall–Kier alpha value is -2.17. The van der Waals surface area contributed by atoms with E-state index in [4.69, 9.17) is 0 Å². The molecule has 20 heavy (non-hydrogen) atoms. The Morgan fingerprint density at radius 2 is 1.95 bits per heavy atom. The highest BCUT2D eigenvalue weighted by Crippen LogP contribution is 2.25. The van der Waals surface area contributed by atoms with Gasteiger partial charge in [0, 0.05) is 11.9 Å². The monoisotopic (exact) mass is 273 g/mol. The van der Waals surface area contributed by atoms with Gasteiger partial charge in [-0.25, -0.2) is 4.79 Å². The SMILES string of the molecule is CCC(CC)CNc1c(C(=O)O)nnc2ccccc12. The number of aromatic carboxylic acids is 1. The minimum absolute atomic E-state index is 0.0188. The van der Waals surface area contributed by atoms with E-state index in [9.17, 15) is 9.90 Å². The Labute approximate surface area is 118 Å². The van der Waals surface area contributed by atoms with Crippen LogP contribution in [0.15, 0.2) is 24.3 Å². The van der Waals surface area contributed by atoms with E-state index in [-0.39, 0.29) is 5.69 Å². The lowest BCUT2D eigenvalue weighted by atomic mass is 10.0. The number of anilines is 1. The first-order valence-corrected chi connectivity index (χ1v) is 6.89. The van der Waals surface area contributed by atoms with Gasteiger partial charge in [0.2, 0.25) is 0 Å². The van der Waals surface area contributed by atoms with Crippen molar-refractivity contribution in [3.05, 3.63) is 30.0 Å². The van der Waals surface area contributed by atoms with Gasteiger partial charge in [-0.05, 0) is 12.0 Å². The molecular formula is C15H19N3O2. The predicted molar refractivity (Wildman–Crippen MR) is 79.1 cm³/mol. The van der Waals surface area contributed by atoms with Crippen molar-refractivity contribution in [2.45, 2.75) is 26.7 Å². The highest BCUT2D eigenvalue weighted by molar-refractivity contribution is 6.02. The van der Waals surface area contributed by atoms with Gasteiger partial charge in [0.05, 0.1) is 11.2 Å². The first-order valence-electron chi connectivity index (χ1n) is 6.89. The third-order valence-corrected chi connectivity index (χ3v) is 3.59. The van der Waals surface area contributed by atoms with Gasteiger partial charge in [-0.15, -0.1) is 10.2 Å². The second-order valence-electron chi connectivity index (χ2n) is 4.81. The Balaban J connectivity index is 2.42. The highest BCUT2D eigenvalue weighted by atomic mass is 16.4. The van der Waals surface area contributed by atoms with E-state index in [1.165, 1.54) is 0 Å². The van der Waals surface area contributed by atoms with E-state index in [0.29, 0.717) is 17.1 Å². The number of fused-ring (bicyclic) bond motifs is 1. The van der Waals surface area contributed by atoms with E-state index >= 15 is 0 Å². The molecule has 0 saturated heterocycles. The molecule has 0 aliphatic heterocycles. The number of hydrogen-bond acceptors (Lipinski definition) is 4. The van der Waals surface area contributed by atoms with Crippen LogP contribution in [0.2, 0.25) is 0 Å². The average molecular weight is 273 g/mol. The number of nitrogens with zero attached hydrogens (tertiary/aromatic N) is 2.